The Hall–Kier alpha value is -0.820. The smallest absolute Gasteiger partial charge is 0.0901 e. The van der Waals surface area contributed by atoms with E-state index in [1.165, 1.54) is 0 Å². The molecule has 1 saturated carbocycles. The van der Waals surface area contributed by atoms with Crippen LogP contribution in [0.4, 0.5) is 0 Å². The third kappa shape index (κ3) is 2.16. The fourth-order valence-corrected chi connectivity index (χ4v) is 2.08. The minimum Gasteiger partial charge on any atom is -0.385 e. The van der Waals surface area contributed by atoms with Gasteiger partial charge in [0.1, 0.15) is 0 Å². The summed E-state index contributed by atoms with van der Waals surface area (Å²) in [6, 6.07) is 9.96. The van der Waals surface area contributed by atoms with E-state index < -0.39 is 5.60 Å². The average molecular weight is 192 g/mol. The van der Waals surface area contributed by atoms with Gasteiger partial charge in [0.2, 0.25) is 0 Å². The predicted octanol–water partition coefficient (Wildman–Crippen LogP) is 3.33. The SMILES string of the molecule is CC.CC1CC(O)(c2ccccc2)C1. The second-order valence-corrected chi connectivity index (χ2v) is 3.91. The maximum absolute atomic E-state index is 10.1. The molecule has 0 saturated heterocycles. The van der Waals surface area contributed by atoms with Gasteiger partial charge >= 0.3 is 0 Å². The number of hydrogen-bond donors (Lipinski definition) is 1. The Labute approximate surface area is 86.8 Å². The zero-order valence-electron chi connectivity index (χ0n) is 9.33. The highest BCUT2D eigenvalue weighted by Gasteiger charge is 2.41. The maximum atomic E-state index is 10.1. The molecule has 1 fully saturated rings. The van der Waals surface area contributed by atoms with Crippen molar-refractivity contribution in [3.63, 3.8) is 0 Å². The summed E-state index contributed by atoms with van der Waals surface area (Å²) in [7, 11) is 0. The molecule has 0 amide bonds. The molecule has 2 rings (SSSR count). The van der Waals surface area contributed by atoms with Crippen molar-refractivity contribution in [2.24, 2.45) is 5.92 Å². The fourth-order valence-electron chi connectivity index (χ4n) is 2.08. The van der Waals surface area contributed by atoms with Gasteiger partial charge in [-0.15, -0.1) is 0 Å². The molecule has 0 aromatic heterocycles. The summed E-state index contributed by atoms with van der Waals surface area (Å²) in [4.78, 5) is 0. The summed E-state index contributed by atoms with van der Waals surface area (Å²) in [6.07, 6.45) is 1.83. The molecule has 1 N–H and O–H groups in total. The molecule has 14 heavy (non-hydrogen) atoms. The number of rotatable bonds is 1. The molecule has 1 aromatic rings. The molecule has 0 heterocycles. The van der Waals surface area contributed by atoms with Crippen LogP contribution in [0.15, 0.2) is 30.3 Å². The minimum absolute atomic E-state index is 0.513. The molecule has 1 aromatic carbocycles. The molecule has 0 bridgehead atoms. The van der Waals surface area contributed by atoms with Crippen LogP contribution in [0.25, 0.3) is 0 Å². The first-order valence-corrected chi connectivity index (χ1v) is 5.49. The van der Waals surface area contributed by atoms with Gasteiger partial charge in [-0.3, -0.25) is 0 Å². The van der Waals surface area contributed by atoms with E-state index in [2.05, 4.69) is 6.92 Å². The molecular formula is C13H20O. The Morgan fingerprint density at radius 2 is 1.64 bits per heavy atom. The third-order valence-electron chi connectivity index (χ3n) is 2.68. The molecule has 78 valence electrons. The minimum atomic E-state index is -0.513. The first-order chi connectivity index (χ1) is 6.71. The van der Waals surface area contributed by atoms with Gasteiger partial charge in [-0.1, -0.05) is 51.1 Å². The first-order valence-electron chi connectivity index (χ1n) is 5.49. The number of benzene rings is 1. The van der Waals surface area contributed by atoms with Crippen molar-refractivity contribution in [1.82, 2.24) is 0 Å². The summed E-state index contributed by atoms with van der Waals surface area (Å²) < 4.78 is 0. The van der Waals surface area contributed by atoms with Gasteiger partial charge in [0.05, 0.1) is 5.60 Å². The summed E-state index contributed by atoms with van der Waals surface area (Å²) in [5, 5.41) is 10.1. The Kier molecular flexibility index (Phi) is 3.70. The molecule has 0 atom stereocenters. The molecule has 1 aliphatic carbocycles. The van der Waals surface area contributed by atoms with Crippen LogP contribution in [0, 0.1) is 5.92 Å². The molecule has 0 radical (unpaired) electrons. The normalized spacial score (nSPS) is 29.9. The Morgan fingerprint density at radius 1 is 1.14 bits per heavy atom. The quantitative estimate of drug-likeness (QED) is 0.723. The van der Waals surface area contributed by atoms with Gasteiger partial charge in [0.15, 0.2) is 0 Å². The van der Waals surface area contributed by atoms with E-state index in [1.54, 1.807) is 0 Å². The molecule has 1 heteroatoms. The van der Waals surface area contributed by atoms with Crippen LogP contribution in [0.1, 0.15) is 39.2 Å². The van der Waals surface area contributed by atoms with Crippen molar-refractivity contribution in [1.29, 1.82) is 0 Å². The van der Waals surface area contributed by atoms with Crippen LogP contribution in [0.5, 0.6) is 0 Å². The monoisotopic (exact) mass is 192 g/mol. The lowest BCUT2D eigenvalue weighted by atomic mass is 9.68. The second-order valence-electron chi connectivity index (χ2n) is 3.91. The van der Waals surface area contributed by atoms with Crippen LogP contribution in [0.3, 0.4) is 0 Å². The van der Waals surface area contributed by atoms with Crippen molar-refractivity contribution < 1.29 is 5.11 Å². The van der Waals surface area contributed by atoms with Crippen LogP contribution < -0.4 is 0 Å². The molecule has 0 spiro atoms. The molecule has 1 aliphatic rings. The van der Waals surface area contributed by atoms with E-state index >= 15 is 0 Å². The van der Waals surface area contributed by atoms with Crippen molar-refractivity contribution in [2.75, 3.05) is 0 Å². The summed E-state index contributed by atoms with van der Waals surface area (Å²) >= 11 is 0. The van der Waals surface area contributed by atoms with E-state index in [0.717, 1.165) is 18.4 Å². The first kappa shape index (κ1) is 11.3. The average Bonchev–Trinajstić information content (AvgIpc) is 2.20. The summed E-state index contributed by atoms with van der Waals surface area (Å²) in [6.45, 7) is 6.18. The maximum Gasteiger partial charge on any atom is 0.0901 e. The zero-order chi connectivity index (χ0) is 10.6. The lowest BCUT2D eigenvalue weighted by Crippen LogP contribution is -2.39. The number of aliphatic hydroxyl groups is 1. The van der Waals surface area contributed by atoms with Gasteiger partial charge in [-0.05, 0) is 24.3 Å². The van der Waals surface area contributed by atoms with Crippen molar-refractivity contribution in [2.45, 2.75) is 39.2 Å². The van der Waals surface area contributed by atoms with E-state index in [-0.39, 0.29) is 0 Å². The molecule has 0 unspecified atom stereocenters. The zero-order valence-corrected chi connectivity index (χ0v) is 9.33. The van der Waals surface area contributed by atoms with Crippen molar-refractivity contribution >= 4 is 0 Å². The lowest BCUT2D eigenvalue weighted by Gasteiger charge is -2.42. The Balaban J connectivity index is 0.000000461. The van der Waals surface area contributed by atoms with E-state index in [0.29, 0.717) is 5.92 Å². The van der Waals surface area contributed by atoms with Crippen molar-refractivity contribution in [3.8, 4) is 0 Å². The highest BCUT2D eigenvalue weighted by Crippen LogP contribution is 2.44. The highest BCUT2D eigenvalue weighted by atomic mass is 16.3. The third-order valence-corrected chi connectivity index (χ3v) is 2.68. The lowest BCUT2D eigenvalue weighted by molar-refractivity contribution is -0.0738. The second kappa shape index (κ2) is 4.61. The summed E-state index contributed by atoms with van der Waals surface area (Å²) in [5.74, 6) is 0.676. The standard InChI is InChI=1S/C11H14O.C2H6/c1-9-7-11(12,8-9)10-5-3-2-4-6-10;1-2/h2-6,9,12H,7-8H2,1H3;1-2H3. The van der Waals surface area contributed by atoms with Gasteiger partial charge in [-0.25, -0.2) is 0 Å². The Bertz CT molecular complexity index is 260. The fraction of sp³-hybridized carbons (Fsp3) is 0.538. The van der Waals surface area contributed by atoms with Gasteiger partial charge in [0, 0.05) is 0 Å². The van der Waals surface area contributed by atoms with Gasteiger partial charge in [-0.2, -0.15) is 0 Å². The van der Waals surface area contributed by atoms with Crippen LogP contribution in [-0.4, -0.2) is 5.11 Å². The van der Waals surface area contributed by atoms with Gasteiger partial charge < -0.3 is 5.11 Å². The van der Waals surface area contributed by atoms with E-state index in [9.17, 15) is 5.11 Å². The molecular weight excluding hydrogens is 172 g/mol. The van der Waals surface area contributed by atoms with Crippen LogP contribution in [0.2, 0.25) is 0 Å². The summed E-state index contributed by atoms with van der Waals surface area (Å²) in [5.41, 5.74) is 0.559. The van der Waals surface area contributed by atoms with Crippen LogP contribution in [-0.2, 0) is 5.60 Å². The highest BCUT2D eigenvalue weighted by molar-refractivity contribution is 5.24. The largest absolute Gasteiger partial charge is 0.385 e. The molecule has 0 aliphatic heterocycles. The topological polar surface area (TPSA) is 20.2 Å². The van der Waals surface area contributed by atoms with E-state index in [1.807, 2.05) is 44.2 Å². The van der Waals surface area contributed by atoms with E-state index in [4.69, 9.17) is 0 Å². The van der Waals surface area contributed by atoms with Gasteiger partial charge in [0.25, 0.3) is 0 Å². The molecule has 1 nitrogen and oxygen atoms in total. The van der Waals surface area contributed by atoms with Crippen molar-refractivity contribution in [3.05, 3.63) is 35.9 Å². The Morgan fingerprint density at radius 3 is 2.07 bits per heavy atom. The van der Waals surface area contributed by atoms with Crippen LogP contribution >= 0.6 is 0 Å². The predicted molar refractivity (Wildman–Crippen MR) is 60.1 cm³/mol. The number of hydrogen-bond acceptors (Lipinski definition) is 1.